The molecule has 0 unspecified atom stereocenters. The maximum Gasteiger partial charge on any atom is 0.331 e. The first kappa shape index (κ1) is 25.7. The molecule has 1 aliphatic carbocycles. The Bertz CT molecular complexity index is 1270. The SMILES string of the molecule is C[C@@H](OC(=O)/C=C/c1ccc(S(=O)(=O)N2CCc3ccccc32)cc1)C(=O)NCCC1=CCCCC1. The number of carbonyl (C=O) groups is 2. The van der Waals surface area contributed by atoms with Gasteiger partial charge in [-0.15, -0.1) is 0 Å². The van der Waals surface area contributed by atoms with E-state index < -0.39 is 22.1 Å². The van der Waals surface area contributed by atoms with Gasteiger partial charge in [0.2, 0.25) is 0 Å². The first-order valence-corrected chi connectivity index (χ1v) is 13.8. The van der Waals surface area contributed by atoms with E-state index in [2.05, 4.69) is 11.4 Å². The minimum atomic E-state index is -3.67. The van der Waals surface area contributed by atoms with Crippen LogP contribution in [0.2, 0.25) is 0 Å². The predicted molar refractivity (Wildman–Crippen MR) is 140 cm³/mol. The van der Waals surface area contributed by atoms with Gasteiger partial charge in [0.15, 0.2) is 6.10 Å². The molecule has 2 aromatic rings. The first-order chi connectivity index (χ1) is 17.3. The second-order valence-electron chi connectivity index (χ2n) is 9.09. The van der Waals surface area contributed by atoms with Gasteiger partial charge in [0.25, 0.3) is 15.9 Å². The van der Waals surface area contributed by atoms with Crippen LogP contribution in [0.3, 0.4) is 0 Å². The average molecular weight is 509 g/mol. The summed E-state index contributed by atoms with van der Waals surface area (Å²) in [5.41, 5.74) is 3.75. The molecule has 0 saturated carbocycles. The molecule has 0 radical (unpaired) electrons. The average Bonchev–Trinajstić information content (AvgIpc) is 3.33. The van der Waals surface area contributed by atoms with Gasteiger partial charge >= 0.3 is 5.97 Å². The smallest absolute Gasteiger partial charge is 0.331 e. The van der Waals surface area contributed by atoms with E-state index in [1.807, 2.05) is 24.3 Å². The lowest BCUT2D eigenvalue weighted by Crippen LogP contribution is -2.36. The van der Waals surface area contributed by atoms with E-state index >= 15 is 0 Å². The number of nitrogens with zero attached hydrogens (tertiary/aromatic N) is 1. The Morgan fingerprint density at radius 1 is 1.08 bits per heavy atom. The standard InChI is InChI=1S/C28H32N2O5S/c1-21(28(32)29-19-17-22-7-3-2-4-8-22)35-27(31)16-13-23-11-14-25(15-12-23)36(33,34)30-20-18-24-9-5-6-10-26(24)30/h5-7,9-16,21H,2-4,8,17-20H2,1H3,(H,29,32)/b16-13+/t21-/m1/s1. The monoisotopic (exact) mass is 508 g/mol. The minimum absolute atomic E-state index is 0.188. The number of hydrogen-bond acceptors (Lipinski definition) is 5. The third-order valence-electron chi connectivity index (χ3n) is 6.52. The number of sulfonamides is 1. The number of benzene rings is 2. The lowest BCUT2D eigenvalue weighted by atomic mass is 9.97. The van der Waals surface area contributed by atoms with Gasteiger partial charge in [-0.25, -0.2) is 13.2 Å². The molecule has 1 aliphatic heterocycles. The zero-order valence-corrected chi connectivity index (χ0v) is 21.3. The molecule has 7 nitrogen and oxygen atoms in total. The number of amides is 1. The molecule has 1 atom stereocenters. The Hall–Kier alpha value is -3.39. The normalized spacial score (nSPS) is 16.4. The largest absolute Gasteiger partial charge is 0.449 e. The Morgan fingerprint density at radius 2 is 1.86 bits per heavy atom. The first-order valence-electron chi connectivity index (χ1n) is 12.4. The molecule has 0 saturated heterocycles. The van der Waals surface area contributed by atoms with Gasteiger partial charge in [-0.3, -0.25) is 9.10 Å². The van der Waals surface area contributed by atoms with Crippen LogP contribution in [0.5, 0.6) is 0 Å². The highest BCUT2D eigenvalue weighted by molar-refractivity contribution is 7.92. The third-order valence-corrected chi connectivity index (χ3v) is 8.34. The van der Waals surface area contributed by atoms with Crippen LogP contribution >= 0.6 is 0 Å². The van der Waals surface area contributed by atoms with Crippen molar-refractivity contribution in [1.82, 2.24) is 5.32 Å². The van der Waals surface area contributed by atoms with Crippen LogP contribution in [0.4, 0.5) is 5.69 Å². The number of ether oxygens (including phenoxy) is 1. The van der Waals surface area contributed by atoms with E-state index in [1.165, 1.54) is 53.9 Å². The maximum atomic E-state index is 13.1. The minimum Gasteiger partial charge on any atom is -0.449 e. The Labute approximate surface area is 212 Å². The summed E-state index contributed by atoms with van der Waals surface area (Å²) in [7, 11) is -3.67. The summed E-state index contributed by atoms with van der Waals surface area (Å²) in [6.07, 6.45) is 10.2. The number of esters is 1. The van der Waals surface area contributed by atoms with Crippen LogP contribution in [-0.4, -0.2) is 39.5 Å². The van der Waals surface area contributed by atoms with Gasteiger partial charge in [0, 0.05) is 19.2 Å². The highest BCUT2D eigenvalue weighted by atomic mass is 32.2. The number of carbonyl (C=O) groups excluding carboxylic acids is 2. The van der Waals surface area contributed by atoms with Crippen LogP contribution in [0.1, 0.15) is 50.2 Å². The zero-order valence-electron chi connectivity index (χ0n) is 20.5. The van der Waals surface area contributed by atoms with Crippen LogP contribution in [0.15, 0.2) is 71.2 Å². The molecule has 2 aliphatic rings. The van der Waals surface area contributed by atoms with Crippen LogP contribution in [0.25, 0.3) is 6.08 Å². The number of nitrogens with one attached hydrogen (secondary N) is 1. The highest BCUT2D eigenvalue weighted by Gasteiger charge is 2.30. The second-order valence-corrected chi connectivity index (χ2v) is 10.9. The molecule has 8 heteroatoms. The Morgan fingerprint density at radius 3 is 2.61 bits per heavy atom. The summed E-state index contributed by atoms with van der Waals surface area (Å²) >= 11 is 0. The summed E-state index contributed by atoms with van der Waals surface area (Å²) in [5.74, 6) is -0.968. The molecule has 1 N–H and O–H groups in total. The Kier molecular flexibility index (Phi) is 8.25. The number of allylic oxidation sites excluding steroid dienone is 1. The molecule has 190 valence electrons. The summed E-state index contributed by atoms with van der Waals surface area (Å²) in [6.45, 7) is 2.48. The second kappa shape index (κ2) is 11.6. The third kappa shape index (κ3) is 6.23. The van der Waals surface area contributed by atoms with Crippen molar-refractivity contribution < 1.29 is 22.7 Å². The van der Waals surface area contributed by atoms with E-state index in [-0.39, 0.29) is 10.8 Å². The van der Waals surface area contributed by atoms with Crippen molar-refractivity contribution in [3.05, 3.63) is 77.4 Å². The summed E-state index contributed by atoms with van der Waals surface area (Å²) in [4.78, 5) is 24.6. The van der Waals surface area contributed by atoms with Crippen molar-refractivity contribution in [2.75, 3.05) is 17.4 Å². The maximum absolute atomic E-state index is 13.1. The van der Waals surface area contributed by atoms with Gasteiger partial charge in [-0.1, -0.05) is 42.0 Å². The molecule has 4 rings (SSSR count). The fourth-order valence-electron chi connectivity index (χ4n) is 4.49. The molecule has 0 fully saturated rings. The van der Waals surface area contributed by atoms with Crippen LogP contribution in [-0.2, 0) is 30.8 Å². The molecule has 1 amide bonds. The van der Waals surface area contributed by atoms with E-state index in [0.717, 1.165) is 24.8 Å². The topological polar surface area (TPSA) is 92.8 Å². The highest BCUT2D eigenvalue weighted by Crippen LogP contribution is 2.32. The zero-order chi connectivity index (χ0) is 25.5. The molecule has 36 heavy (non-hydrogen) atoms. The van der Waals surface area contributed by atoms with Crippen LogP contribution < -0.4 is 9.62 Å². The van der Waals surface area contributed by atoms with E-state index in [4.69, 9.17) is 4.74 Å². The van der Waals surface area contributed by atoms with Crippen molar-refractivity contribution in [2.24, 2.45) is 0 Å². The van der Waals surface area contributed by atoms with Crippen molar-refractivity contribution in [3.63, 3.8) is 0 Å². The molecule has 1 heterocycles. The number of anilines is 1. The lowest BCUT2D eigenvalue weighted by Gasteiger charge is -2.19. The summed E-state index contributed by atoms with van der Waals surface area (Å²) in [6, 6.07) is 13.8. The van der Waals surface area contributed by atoms with Crippen molar-refractivity contribution in [1.29, 1.82) is 0 Å². The molecular weight excluding hydrogens is 476 g/mol. The molecule has 0 aromatic heterocycles. The van der Waals surface area contributed by atoms with Crippen molar-refractivity contribution in [2.45, 2.75) is 56.4 Å². The Balaban J connectivity index is 1.28. The molecular formula is C28H32N2O5S. The number of para-hydroxylation sites is 1. The fourth-order valence-corrected chi connectivity index (χ4v) is 5.99. The van der Waals surface area contributed by atoms with Gasteiger partial charge in [-0.2, -0.15) is 0 Å². The fraction of sp³-hybridized carbons (Fsp3) is 0.357. The van der Waals surface area contributed by atoms with Crippen molar-refractivity contribution in [3.8, 4) is 0 Å². The van der Waals surface area contributed by atoms with Gasteiger partial charge in [-0.05, 0) is 80.9 Å². The van der Waals surface area contributed by atoms with Gasteiger partial charge in [0.05, 0.1) is 10.6 Å². The predicted octanol–water partition coefficient (Wildman–Crippen LogP) is 4.39. The quantitative estimate of drug-likeness (QED) is 0.308. The lowest BCUT2D eigenvalue weighted by molar-refractivity contribution is -0.150. The van der Waals surface area contributed by atoms with Crippen LogP contribution in [0, 0.1) is 0 Å². The number of fused-ring (bicyclic) bond motifs is 1. The number of hydrogen-bond donors (Lipinski definition) is 1. The van der Waals surface area contributed by atoms with E-state index in [9.17, 15) is 18.0 Å². The van der Waals surface area contributed by atoms with E-state index in [0.29, 0.717) is 30.8 Å². The van der Waals surface area contributed by atoms with Gasteiger partial charge in [0.1, 0.15) is 0 Å². The summed E-state index contributed by atoms with van der Waals surface area (Å²) < 4.78 is 32.9. The van der Waals surface area contributed by atoms with Crippen molar-refractivity contribution >= 4 is 33.7 Å². The molecule has 0 spiro atoms. The molecule has 0 bridgehead atoms. The summed E-state index contributed by atoms with van der Waals surface area (Å²) in [5, 5.41) is 2.82. The van der Waals surface area contributed by atoms with Gasteiger partial charge < -0.3 is 10.1 Å². The van der Waals surface area contributed by atoms with E-state index in [1.54, 1.807) is 12.1 Å². The number of rotatable bonds is 9. The molecule has 2 aromatic carbocycles.